The summed E-state index contributed by atoms with van der Waals surface area (Å²) in [5, 5.41) is 8.30. The lowest BCUT2D eigenvalue weighted by Gasteiger charge is -2.04. The normalized spacial score (nSPS) is 11.2. The summed E-state index contributed by atoms with van der Waals surface area (Å²) in [5.41, 5.74) is 2.38. The van der Waals surface area contributed by atoms with E-state index >= 15 is 0 Å². The number of amides is 1. The third kappa shape index (κ3) is 2.82. The number of hydrogen-bond acceptors (Lipinski definition) is 4. The van der Waals surface area contributed by atoms with E-state index in [2.05, 4.69) is 15.4 Å². The molecule has 0 unspecified atom stereocenters. The molecular formula is C18H14ClN5O2. The molecule has 26 heavy (non-hydrogen) atoms. The Kier molecular flexibility index (Phi) is 3.93. The van der Waals surface area contributed by atoms with E-state index in [-0.39, 0.29) is 12.5 Å². The molecule has 0 spiro atoms. The second-order valence-corrected chi connectivity index (χ2v) is 6.34. The minimum atomic E-state index is -0.419. The summed E-state index contributed by atoms with van der Waals surface area (Å²) in [6.45, 7) is 1.74. The Hall–Kier alpha value is -3.19. The first-order valence-electron chi connectivity index (χ1n) is 7.92. The molecule has 1 N–H and O–H groups in total. The minimum Gasteiger partial charge on any atom is -0.324 e. The number of carbonyl (C=O) groups is 1. The van der Waals surface area contributed by atoms with E-state index in [9.17, 15) is 9.59 Å². The van der Waals surface area contributed by atoms with Crippen LogP contribution in [0.2, 0.25) is 5.02 Å². The maximum absolute atomic E-state index is 12.5. The van der Waals surface area contributed by atoms with E-state index < -0.39 is 5.69 Å². The molecule has 130 valence electrons. The fourth-order valence-corrected chi connectivity index (χ4v) is 3.03. The molecule has 0 aliphatic carbocycles. The summed E-state index contributed by atoms with van der Waals surface area (Å²) in [7, 11) is 0. The Labute approximate surface area is 152 Å². The van der Waals surface area contributed by atoms with Gasteiger partial charge in [0.15, 0.2) is 5.65 Å². The van der Waals surface area contributed by atoms with Gasteiger partial charge in [-0.1, -0.05) is 29.8 Å². The van der Waals surface area contributed by atoms with Crippen molar-refractivity contribution in [3.8, 4) is 0 Å². The van der Waals surface area contributed by atoms with E-state index in [1.165, 1.54) is 10.7 Å². The van der Waals surface area contributed by atoms with Gasteiger partial charge in [0.05, 0.1) is 5.52 Å². The quantitative estimate of drug-likeness (QED) is 0.603. The molecule has 0 fully saturated rings. The first-order chi connectivity index (χ1) is 12.5. The van der Waals surface area contributed by atoms with Crippen LogP contribution in [-0.4, -0.2) is 25.1 Å². The molecule has 0 saturated carbocycles. The number of aryl methyl sites for hydroxylation is 1. The van der Waals surface area contributed by atoms with Crippen molar-refractivity contribution >= 4 is 39.7 Å². The molecule has 0 atom stereocenters. The zero-order chi connectivity index (χ0) is 18.3. The summed E-state index contributed by atoms with van der Waals surface area (Å²) in [4.78, 5) is 29.1. The average molecular weight is 368 g/mol. The van der Waals surface area contributed by atoms with Gasteiger partial charge >= 0.3 is 5.69 Å². The molecule has 7 nitrogen and oxygen atoms in total. The van der Waals surface area contributed by atoms with Crippen molar-refractivity contribution in [2.24, 2.45) is 0 Å². The van der Waals surface area contributed by atoms with E-state index in [0.717, 1.165) is 21.1 Å². The lowest BCUT2D eigenvalue weighted by molar-refractivity contribution is -0.117. The SMILES string of the molecule is Cc1cccc2c1ncn1c(=O)n(CC(=O)Nc3cccc(Cl)c3)nc21. The standard InChI is InChI=1S/C18H14ClN5O2/c1-11-4-2-7-14-16(11)20-10-23-17(14)22-24(18(23)26)9-15(25)21-13-6-3-5-12(19)8-13/h2-8,10H,9H2,1H3,(H,21,25). The van der Waals surface area contributed by atoms with Gasteiger partial charge in [0.25, 0.3) is 0 Å². The van der Waals surface area contributed by atoms with E-state index in [4.69, 9.17) is 11.6 Å². The summed E-state index contributed by atoms with van der Waals surface area (Å²) in [6, 6.07) is 12.5. The van der Waals surface area contributed by atoms with E-state index in [0.29, 0.717) is 16.4 Å². The maximum Gasteiger partial charge on any atom is 0.352 e. The van der Waals surface area contributed by atoms with E-state index in [1.807, 2.05) is 25.1 Å². The molecular weight excluding hydrogens is 354 g/mol. The van der Waals surface area contributed by atoms with Crippen LogP contribution in [0, 0.1) is 6.92 Å². The average Bonchev–Trinajstić information content (AvgIpc) is 2.92. The number of hydrogen-bond donors (Lipinski definition) is 1. The molecule has 0 aliphatic rings. The first kappa shape index (κ1) is 16.3. The Bertz CT molecular complexity index is 1210. The monoisotopic (exact) mass is 367 g/mol. The minimum absolute atomic E-state index is 0.208. The molecule has 8 heteroatoms. The lowest BCUT2D eigenvalue weighted by Crippen LogP contribution is -2.28. The van der Waals surface area contributed by atoms with Crippen molar-refractivity contribution in [2.75, 3.05) is 5.32 Å². The highest BCUT2D eigenvalue weighted by atomic mass is 35.5. The maximum atomic E-state index is 12.5. The Morgan fingerprint density at radius 3 is 2.85 bits per heavy atom. The summed E-state index contributed by atoms with van der Waals surface area (Å²) in [6.07, 6.45) is 1.44. The predicted octanol–water partition coefficient (Wildman–Crippen LogP) is 2.64. The van der Waals surface area contributed by atoms with Crippen molar-refractivity contribution in [3.63, 3.8) is 0 Å². The number of nitrogens with zero attached hydrogens (tertiary/aromatic N) is 4. The number of anilines is 1. The van der Waals surface area contributed by atoms with Crippen LogP contribution in [0.15, 0.2) is 53.6 Å². The van der Waals surface area contributed by atoms with Gasteiger partial charge in [-0.05, 0) is 36.8 Å². The molecule has 0 aliphatic heterocycles. The third-order valence-corrected chi connectivity index (χ3v) is 4.29. The zero-order valence-electron chi connectivity index (χ0n) is 13.8. The van der Waals surface area contributed by atoms with Gasteiger partial charge in [0.2, 0.25) is 5.91 Å². The van der Waals surface area contributed by atoms with Gasteiger partial charge < -0.3 is 5.32 Å². The van der Waals surface area contributed by atoms with Crippen molar-refractivity contribution < 1.29 is 4.79 Å². The number of rotatable bonds is 3. The van der Waals surface area contributed by atoms with Crippen LogP contribution < -0.4 is 11.0 Å². The van der Waals surface area contributed by atoms with Crippen molar-refractivity contribution in [3.05, 3.63) is 69.9 Å². The fourth-order valence-electron chi connectivity index (χ4n) is 2.84. The summed E-state index contributed by atoms with van der Waals surface area (Å²) < 4.78 is 2.47. The Morgan fingerprint density at radius 2 is 2.04 bits per heavy atom. The van der Waals surface area contributed by atoms with Gasteiger partial charge in [-0.25, -0.2) is 18.9 Å². The molecule has 0 saturated heterocycles. The fraction of sp³-hybridized carbons (Fsp3) is 0.111. The smallest absolute Gasteiger partial charge is 0.324 e. The van der Waals surface area contributed by atoms with Gasteiger partial charge in [-0.15, -0.1) is 5.10 Å². The van der Waals surface area contributed by atoms with Crippen LogP contribution in [0.25, 0.3) is 16.6 Å². The highest BCUT2D eigenvalue weighted by Gasteiger charge is 2.14. The molecule has 1 amide bonds. The molecule has 4 rings (SSSR count). The predicted molar refractivity (Wildman–Crippen MR) is 99.6 cm³/mol. The van der Waals surface area contributed by atoms with Crippen molar-refractivity contribution in [2.45, 2.75) is 13.5 Å². The molecule has 4 aromatic rings. The highest BCUT2D eigenvalue weighted by Crippen LogP contribution is 2.18. The van der Waals surface area contributed by atoms with Gasteiger partial charge in [0, 0.05) is 16.1 Å². The Morgan fingerprint density at radius 1 is 1.23 bits per heavy atom. The van der Waals surface area contributed by atoms with Crippen LogP contribution >= 0.6 is 11.6 Å². The number of nitrogens with one attached hydrogen (secondary N) is 1. The van der Waals surface area contributed by atoms with Gasteiger partial charge in [-0.2, -0.15) is 0 Å². The zero-order valence-corrected chi connectivity index (χ0v) is 14.6. The number of para-hydroxylation sites is 1. The highest BCUT2D eigenvalue weighted by molar-refractivity contribution is 6.30. The number of halogens is 1. The van der Waals surface area contributed by atoms with Crippen LogP contribution in [0.5, 0.6) is 0 Å². The van der Waals surface area contributed by atoms with Gasteiger partial charge in [-0.3, -0.25) is 4.79 Å². The molecule has 0 bridgehead atoms. The lowest BCUT2D eigenvalue weighted by atomic mass is 10.1. The van der Waals surface area contributed by atoms with Crippen LogP contribution in [0.4, 0.5) is 5.69 Å². The first-order valence-corrected chi connectivity index (χ1v) is 8.29. The number of benzene rings is 2. The second kappa shape index (κ2) is 6.27. The van der Waals surface area contributed by atoms with Crippen LogP contribution in [0.1, 0.15) is 5.56 Å². The molecule has 2 heterocycles. The topological polar surface area (TPSA) is 81.3 Å². The Balaban J connectivity index is 1.70. The van der Waals surface area contributed by atoms with Crippen LogP contribution in [0.3, 0.4) is 0 Å². The van der Waals surface area contributed by atoms with Gasteiger partial charge in [0.1, 0.15) is 12.9 Å². The second-order valence-electron chi connectivity index (χ2n) is 5.91. The summed E-state index contributed by atoms with van der Waals surface area (Å²) in [5.74, 6) is -0.369. The summed E-state index contributed by atoms with van der Waals surface area (Å²) >= 11 is 5.91. The molecule has 0 radical (unpaired) electrons. The van der Waals surface area contributed by atoms with Crippen LogP contribution in [-0.2, 0) is 11.3 Å². The number of carbonyl (C=O) groups excluding carboxylic acids is 1. The van der Waals surface area contributed by atoms with Crippen molar-refractivity contribution in [1.82, 2.24) is 19.2 Å². The van der Waals surface area contributed by atoms with E-state index in [1.54, 1.807) is 24.3 Å². The van der Waals surface area contributed by atoms with Crippen molar-refractivity contribution in [1.29, 1.82) is 0 Å². The molecule has 2 aromatic carbocycles. The third-order valence-electron chi connectivity index (χ3n) is 4.05. The number of fused-ring (bicyclic) bond motifs is 3. The number of aromatic nitrogens is 4. The largest absolute Gasteiger partial charge is 0.352 e. The molecule has 2 aromatic heterocycles.